The number of hydrogen-bond donors (Lipinski definition) is 0. The Kier molecular flexibility index (Phi) is 3.28. The van der Waals surface area contributed by atoms with Crippen LogP contribution in [0.4, 0.5) is 0 Å². The van der Waals surface area contributed by atoms with Crippen molar-refractivity contribution in [2.45, 2.75) is 31.0 Å². The molecule has 0 aliphatic carbocycles. The van der Waals surface area contributed by atoms with Gasteiger partial charge in [-0.3, -0.25) is 4.79 Å². The Morgan fingerprint density at radius 2 is 2.32 bits per heavy atom. The third-order valence-electron chi connectivity index (χ3n) is 4.12. The second-order valence-corrected chi connectivity index (χ2v) is 5.22. The van der Waals surface area contributed by atoms with E-state index in [1.165, 1.54) is 12.7 Å². The van der Waals surface area contributed by atoms with Gasteiger partial charge in [-0.15, -0.1) is 0 Å². The standard InChI is InChI=1S/C13H18N2O4/c1-17-10-6-13(19-7-10)2-4-15(5-3-13)12(16)11-8-18-9-14-11/h8-10H,2-7H2,1H3/t10-/m1/s1. The summed E-state index contributed by atoms with van der Waals surface area (Å²) in [6.45, 7) is 2.05. The second kappa shape index (κ2) is 4.94. The molecule has 19 heavy (non-hydrogen) atoms. The molecule has 2 aliphatic heterocycles. The summed E-state index contributed by atoms with van der Waals surface area (Å²) in [6.07, 6.45) is 5.50. The minimum absolute atomic E-state index is 0.0649. The van der Waals surface area contributed by atoms with Crippen LogP contribution in [0.15, 0.2) is 17.1 Å². The van der Waals surface area contributed by atoms with Crippen molar-refractivity contribution in [1.29, 1.82) is 0 Å². The van der Waals surface area contributed by atoms with E-state index < -0.39 is 0 Å². The lowest BCUT2D eigenvalue weighted by atomic mass is 9.88. The zero-order valence-corrected chi connectivity index (χ0v) is 11.0. The molecule has 6 nitrogen and oxygen atoms in total. The molecule has 2 aliphatic rings. The maximum Gasteiger partial charge on any atom is 0.275 e. The summed E-state index contributed by atoms with van der Waals surface area (Å²) in [6, 6.07) is 0. The first-order valence-corrected chi connectivity index (χ1v) is 6.57. The average molecular weight is 266 g/mol. The van der Waals surface area contributed by atoms with Crippen LogP contribution in [-0.4, -0.2) is 54.3 Å². The van der Waals surface area contributed by atoms with Gasteiger partial charge in [0.25, 0.3) is 5.91 Å². The highest BCUT2D eigenvalue weighted by Gasteiger charge is 2.43. The van der Waals surface area contributed by atoms with Gasteiger partial charge in [0.1, 0.15) is 6.26 Å². The molecular weight excluding hydrogens is 248 g/mol. The predicted octanol–water partition coefficient (Wildman–Crippen LogP) is 1.08. The molecule has 1 amide bonds. The van der Waals surface area contributed by atoms with E-state index >= 15 is 0 Å². The molecule has 0 unspecified atom stereocenters. The molecule has 1 atom stereocenters. The smallest absolute Gasteiger partial charge is 0.275 e. The number of piperidine rings is 1. The number of amides is 1. The Labute approximate surface area is 111 Å². The van der Waals surface area contributed by atoms with Crippen molar-refractivity contribution >= 4 is 5.91 Å². The van der Waals surface area contributed by atoms with Crippen LogP contribution in [0, 0.1) is 0 Å². The number of nitrogens with zero attached hydrogens (tertiary/aromatic N) is 2. The Balaban J connectivity index is 1.59. The molecule has 2 saturated heterocycles. The van der Waals surface area contributed by atoms with E-state index in [0.29, 0.717) is 25.4 Å². The lowest BCUT2D eigenvalue weighted by Crippen LogP contribution is -2.46. The minimum Gasteiger partial charge on any atom is -0.451 e. The van der Waals surface area contributed by atoms with Gasteiger partial charge in [-0.25, -0.2) is 4.98 Å². The maximum atomic E-state index is 12.1. The topological polar surface area (TPSA) is 64.8 Å². The quantitative estimate of drug-likeness (QED) is 0.801. The van der Waals surface area contributed by atoms with Crippen molar-refractivity contribution < 1.29 is 18.7 Å². The number of carbonyl (C=O) groups excluding carboxylic acids is 1. The van der Waals surface area contributed by atoms with Crippen LogP contribution in [0.3, 0.4) is 0 Å². The van der Waals surface area contributed by atoms with Crippen LogP contribution in [0.25, 0.3) is 0 Å². The summed E-state index contributed by atoms with van der Waals surface area (Å²) in [5, 5.41) is 0. The monoisotopic (exact) mass is 266 g/mol. The largest absolute Gasteiger partial charge is 0.451 e. The number of methoxy groups -OCH3 is 1. The van der Waals surface area contributed by atoms with E-state index in [4.69, 9.17) is 13.9 Å². The van der Waals surface area contributed by atoms with E-state index in [9.17, 15) is 4.79 Å². The van der Waals surface area contributed by atoms with Crippen LogP contribution >= 0.6 is 0 Å². The lowest BCUT2D eigenvalue weighted by Gasteiger charge is -2.38. The van der Waals surface area contributed by atoms with Crippen LogP contribution in [-0.2, 0) is 9.47 Å². The molecule has 104 valence electrons. The number of aromatic nitrogens is 1. The van der Waals surface area contributed by atoms with Crippen molar-refractivity contribution in [2.24, 2.45) is 0 Å². The van der Waals surface area contributed by atoms with E-state index in [1.54, 1.807) is 7.11 Å². The van der Waals surface area contributed by atoms with Gasteiger partial charge in [0.15, 0.2) is 12.1 Å². The van der Waals surface area contributed by atoms with Gasteiger partial charge >= 0.3 is 0 Å². The van der Waals surface area contributed by atoms with Crippen LogP contribution in [0.5, 0.6) is 0 Å². The molecule has 1 spiro atoms. The molecule has 6 heteroatoms. The molecular formula is C13H18N2O4. The van der Waals surface area contributed by atoms with Crippen molar-refractivity contribution in [3.63, 3.8) is 0 Å². The van der Waals surface area contributed by atoms with Crippen molar-refractivity contribution in [3.8, 4) is 0 Å². The summed E-state index contributed by atoms with van der Waals surface area (Å²) in [5.74, 6) is -0.0649. The summed E-state index contributed by atoms with van der Waals surface area (Å²) >= 11 is 0. The first-order chi connectivity index (χ1) is 9.22. The van der Waals surface area contributed by atoms with Crippen molar-refractivity contribution in [2.75, 3.05) is 26.8 Å². The molecule has 3 heterocycles. The third-order valence-corrected chi connectivity index (χ3v) is 4.12. The fraction of sp³-hybridized carbons (Fsp3) is 0.692. The first kappa shape index (κ1) is 12.6. The molecule has 1 aromatic rings. The van der Waals surface area contributed by atoms with Gasteiger partial charge < -0.3 is 18.8 Å². The lowest BCUT2D eigenvalue weighted by molar-refractivity contribution is -0.0403. The molecule has 2 fully saturated rings. The highest BCUT2D eigenvalue weighted by molar-refractivity contribution is 5.91. The SMILES string of the molecule is CO[C@H]1COC2(CCN(C(=O)c3cocn3)CC2)C1. The summed E-state index contributed by atoms with van der Waals surface area (Å²) in [4.78, 5) is 17.8. The molecule has 0 N–H and O–H groups in total. The second-order valence-electron chi connectivity index (χ2n) is 5.22. The van der Waals surface area contributed by atoms with Crippen LogP contribution < -0.4 is 0 Å². The van der Waals surface area contributed by atoms with Crippen LogP contribution in [0.2, 0.25) is 0 Å². The van der Waals surface area contributed by atoms with E-state index in [-0.39, 0.29) is 17.6 Å². The molecule has 0 saturated carbocycles. The van der Waals surface area contributed by atoms with E-state index in [0.717, 1.165) is 19.3 Å². The molecule has 0 radical (unpaired) electrons. The Hall–Kier alpha value is -1.40. The predicted molar refractivity (Wildman–Crippen MR) is 65.7 cm³/mol. The Morgan fingerprint density at radius 1 is 1.53 bits per heavy atom. The van der Waals surface area contributed by atoms with Gasteiger partial charge in [-0.1, -0.05) is 0 Å². The fourth-order valence-electron chi connectivity index (χ4n) is 2.90. The third kappa shape index (κ3) is 2.37. The van der Waals surface area contributed by atoms with Gasteiger partial charge in [-0.2, -0.15) is 0 Å². The number of rotatable bonds is 2. The van der Waals surface area contributed by atoms with Gasteiger partial charge in [0.2, 0.25) is 0 Å². The molecule has 3 rings (SSSR count). The molecule has 0 bridgehead atoms. The zero-order chi connectivity index (χ0) is 13.3. The number of carbonyl (C=O) groups is 1. The Bertz CT molecular complexity index is 438. The van der Waals surface area contributed by atoms with Crippen LogP contribution in [0.1, 0.15) is 29.8 Å². The number of hydrogen-bond acceptors (Lipinski definition) is 5. The van der Waals surface area contributed by atoms with E-state index in [2.05, 4.69) is 4.98 Å². The molecule has 1 aromatic heterocycles. The van der Waals surface area contributed by atoms with Gasteiger partial charge in [0, 0.05) is 26.6 Å². The number of oxazole rings is 1. The molecule has 0 aromatic carbocycles. The van der Waals surface area contributed by atoms with E-state index in [1.807, 2.05) is 4.90 Å². The average Bonchev–Trinajstić information content (AvgIpc) is 3.09. The first-order valence-electron chi connectivity index (χ1n) is 6.57. The van der Waals surface area contributed by atoms with Gasteiger partial charge in [0.05, 0.1) is 18.3 Å². The summed E-state index contributed by atoms with van der Waals surface area (Å²) in [7, 11) is 1.72. The summed E-state index contributed by atoms with van der Waals surface area (Å²) < 4.78 is 16.1. The maximum absolute atomic E-state index is 12.1. The minimum atomic E-state index is -0.0960. The normalized spacial score (nSPS) is 25.9. The zero-order valence-electron chi connectivity index (χ0n) is 11.0. The Morgan fingerprint density at radius 3 is 2.89 bits per heavy atom. The van der Waals surface area contributed by atoms with Crippen molar-refractivity contribution in [3.05, 3.63) is 18.4 Å². The van der Waals surface area contributed by atoms with Gasteiger partial charge in [-0.05, 0) is 12.8 Å². The fourth-order valence-corrected chi connectivity index (χ4v) is 2.90. The highest BCUT2D eigenvalue weighted by atomic mass is 16.6. The number of ether oxygens (including phenoxy) is 2. The number of likely N-dealkylation sites (tertiary alicyclic amines) is 1. The highest BCUT2D eigenvalue weighted by Crippen LogP contribution is 2.36. The van der Waals surface area contributed by atoms with Crippen molar-refractivity contribution in [1.82, 2.24) is 9.88 Å². The summed E-state index contributed by atoms with van der Waals surface area (Å²) in [5.41, 5.74) is 0.277.